The second-order valence-corrected chi connectivity index (χ2v) is 10.2. The van der Waals surface area contributed by atoms with Crippen molar-refractivity contribution in [3.8, 4) is 0 Å². The topological polar surface area (TPSA) is 108 Å². The number of hydrogen-bond donors (Lipinski definition) is 2. The summed E-state index contributed by atoms with van der Waals surface area (Å²) in [6, 6.07) is 17.6. The maximum atomic E-state index is 13.0. The van der Waals surface area contributed by atoms with Gasteiger partial charge < -0.3 is 34.7 Å². The van der Waals surface area contributed by atoms with Crippen LogP contribution in [0, 0.1) is 0 Å². The summed E-state index contributed by atoms with van der Waals surface area (Å²) >= 11 is 0. The number of benzene rings is 2. The Labute approximate surface area is 228 Å². The van der Waals surface area contributed by atoms with Crippen molar-refractivity contribution >= 4 is 16.8 Å². The molecule has 0 bridgehead atoms. The molecule has 1 aromatic heterocycles. The largest absolute Gasteiger partial charge is 0.459 e. The fourth-order valence-electron chi connectivity index (χ4n) is 5.32. The molecule has 0 aliphatic carbocycles. The predicted molar refractivity (Wildman–Crippen MR) is 149 cm³/mol. The molecule has 3 heterocycles. The summed E-state index contributed by atoms with van der Waals surface area (Å²) in [5.74, 6) is 0.229. The number of nitrogens with two attached hydrogens (primary N) is 1. The highest BCUT2D eigenvalue weighted by Gasteiger charge is 2.23. The van der Waals surface area contributed by atoms with Gasteiger partial charge in [0.2, 0.25) is 12.2 Å². The van der Waals surface area contributed by atoms with Crippen LogP contribution in [0.5, 0.6) is 0 Å². The molecule has 0 spiro atoms. The van der Waals surface area contributed by atoms with Gasteiger partial charge in [-0.25, -0.2) is 0 Å². The van der Waals surface area contributed by atoms with Crippen molar-refractivity contribution in [2.24, 2.45) is 5.73 Å². The van der Waals surface area contributed by atoms with Crippen LogP contribution in [-0.4, -0.2) is 61.0 Å². The molecule has 3 N–H and O–H groups in total. The molecule has 1 unspecified atom stereocenters. The van der Waals surface area contributed by atoms with Crippen molar-refractivity contribution in [1.82, 2.24) is 14.8 Å². The Balaban J connectivity index is 1.12. The molecule has 39 heavy (non-hydrogen) atoms. The lowest BCUT2D eigenvalue weighted by Crippen LogP contribution is -2.44. The molecule has 1 amide bonds. The van der Waals surface area contributed by atoms with Gasteiger partial charge in [0.05, 0.1) is 24.2 Å². The number of nitrogens with zero attached hydrogens (tertiary/aromatic N) is 2. The average molecular weight is 533 g/mol. The van der Waals surface area contributed by atoms with E-state index in [1.54, 1.807) is 17.9 Å². The molecular weight excluding hydrogens is 496 g/mol. The number of methoxy groups -OCH3 is 1. The van der Waals surface area contributed by atoms with Gasteiger partial charge in [0, 0.05) is 44.1 Å². The number of rotatable bonds is 11. The third-order valence-corrected chi connectivity index (χ3v) is 7.43. The van der Waals surface area contributed by atoms with Crippen molar-refractivity contribution < 1.29 is 19.0 Å². The van der Waals surface area contributed by atoms with Crippen LogP contribution in [0.15, 0.2) is 71.4 Å². The minimum absolute atomic E-state index is 0.222. The zero-order valence-corrected chi connectivity index (χ0v) is 22.3. The summed E-state index contributed by atoms with van der Waals surface area (Å²) in [4.78, 5) is 27.3. The quantitative estimate of drug-likeness (QED) is 0.391. The number of aromatic nitrogens is 1. The van der Waals surface area contributed by atoms with E-state index in [1.807, 2.05) is 36.4 Å². The van der Waals surface area contributed by atoms with Crippen LogP contribution in [0.1, 0.15) is 34.3 Å². The average Bonchev–Trinajstić information content (AvgIpc) is 3.39. The maximum Gasteiger partial charge on any atom is 0.251 e. The minimum atomic E-state index is -0.602. The van der Waals surface area contributed by atoms with Crippen LogP contribution in [-0.2, 0) is 33.8 Å². The number of ether oxygens (including phenoxy) is 3. The van der Waals surface area contributed by atoms with Crippen LogP contribution >= 0.6 is 0 Å². The first-order valence-corrected chi connectivity index (χ1v) is 13.5. The standard InChI is InChI=1S/C30H36N4O5/c1-37-19-22-7-8-25-26(30(31)36)17-28(35)34(27(25)15-22)14-13-33-11-9-23(10-12-33)32-18-24-20-38-29(39-24)16-21-5-3-2-4-6-21/h2-8,15,17,20,23,29,32H,9-14,16,18-19H2,1H3,(H2,31,36). The van der Waals surface area contributed by atoms with Crippen LogP contribution < -0.4 is 16.6 Å². The Morgan fingerprint density at radius 3 is 2.62 bits per heavy atom. The van der Waals surface area contributed by atoms with E-state index in [4.69, 9.17) is 19.9 Å². The molecule has 5 rings (SSSR count). The van der Waals surface area contributed by atoms with Crippen LogP contribution in [0.25, 0.3) is 10.9 Å². The summed E-state index contributed by atoms with van der Waals surface area (Å²) in [7, 11) is 1.63. The van der Waals surface area contributed by atoms with Gasteiger partial charge in [0.1, 0.15) is 12.0 Å². The lowest BCUT2D eigenvalue weighted by molar-refractivity contribution is -0.0310. The SMILES string of the molecule is COCc1ccc2c(C(N)=O)cc(=O)n(CCN3CCC(NCC4=COC(Cc5ccccc5)O4)CC3)c2c1. The van der Waals surface area contributed by atoms with Gasteiger partial charge in [0.15, 0.2) is 0 Å². The number of carbonyl (C=O) groups excluding carboxylic acids is 1. The molecule has 2 aliphatic heterocycles. The van der Waals surface area contributed by atoms with E-state index >= 15 is 0 Å². The maximum absolute atomic E-state index is 13.0. The molecule has 1 saturated heterocycles. The van der Waals surface area contributed by atoms with Gasteiger partial charge in [-0.05, 0) is 43.1 Å². The normalized spacial score (nSPS) is 18.1. The lowest BCUT2D eigenvalue weighted by Gasteiger charge is -2.32. The summed E-state index contributed by atoms with van der Waals surface area (Å²) in [5, 5.41) is 4.28. The number of piperidine rings is 1. The Morgan fingerprint density at radius 1 is 1.08 bits per heavy atom. The first-order chi connectivity index (χ1) is 19.0. The minimum Gasteiger partial charge on any atom is -0.459 e. The molecule has 3 aromatic rings. The van der Waals surface area contributed by atoms with Crippen molar-refractivity contribution in [1.29, 1.82) is 0 Å². The van der Waals surface area contributed by atoms with Crippen LogP contribution in [0.3, 0.4) is 0 Å². The molecule has 206 valence electrons. The van der Waals surface area contributed by atoms with Gasteiger partial charge in [0.25, 0.3) is 5.56 Å². The van der Waals surface area contributed by atoms with E-state index in [0.29, 0.717) is 36.6 Å². The fraction of sp³-hybridized carbons (Fsp3) is 0.400. The number of likely N-dealkylation sites (tertiary alicyclic amines) is 1. The Morgan fingerprint density at radius 2 is 1.87 bits per heavy atom. The van der Waals surface area contributed by atoms with E-state index in [0.717, 1.165) is 50.2 Å². The Hall–Kier alpha value is -3.66. The first-order valence-electron chi connectivity index (χ1n) is 13.5. The molecule has 0 radical (unpaired) electrons. The summed E-state index contributed by atoms with van der Waals surface area (Å²) < 4.78 is 18.6. The summed E-state index contributed by atoms with van der Waals surface area (Å²) in [6.45, 7) is 4.22. The second kappa shape index (κ2) is 12.5. The predicted octanol–water partition coefficient (Wildman–Crippen LogP) is 2.76. The third-order valence-electron chi connectivity index (χ3n) is 7.43. The van der Waals surface area contributed by atoms with Crippen LogP contribution in [0.4, 0.5) is 0 Å². The molecule has 9 nitrogen and oxygen atoms in total. The number of hydrogen-bond acceptors (Lipinski definition) is 7. The van der Waals surface area contributed by atoms with Gasteiger partial charge >= 0.3 is 0 Å². The smallest absolute Gasteiger partial charge is 0.251 e. The van der Waals surface area contributed by atoms with E-state index in [2.05, 4.69) is 22.3 Å². The molecule has 9 heteroatoms. The number of pyridine rings is 1. The number of carbonyl (C=O) groups is 1. The molecule has 2 aromatic carbocycles. The Kier molecular flexibility index (Phi) is 8.61. The van der Waals surface area contributed by atoms with Crippen molar-refractivity contribution in [3.05, 3.63) is 93.7 Å². The van der Waals surface area contributed by atoms with Crippen molar-refractivity contribution in [2.45, 2.75) is 44.7 Å². The first kappa shape index (κ1) is 26.9. The zero-order valence-electron chi connectivity index (χ0n) is 22.3. The van der Waals surface area contributed by atoms with Gasteiger partial charge in [-0.15, -0.1) is 0 Å². The van der Waals surface area contributed by atoms with E-state index in [9.17, 15) is 9.59 Å². The number of primary amides is 1. The molecule has 0 saturated carbocycles. The highest BCUT2D eigenvalue weighted by atomic mass is 16.7. The van der Waals surface area contributed by atoms with Crippen molar-refractivity contribution in [3.63, 3.8) is 0 Å². The molecular formula is C30H36N4O5. The molecule has 1 fully saturated rings. The van der Waals surface area contributed by atoms with Gasteiger partial charge in [-0.2, -0.15) is 0 Å². The third kappa shape index (κ3) is 6.68. The lowest BCUT2D eigenvalue weighted by atomic mass is 10.0. The second-order valence-electron chi connectivity index (χ2n) is 10.2. The molecule has 2 aliphatic rings. The summed E-state index contributed by atoms with van der Waals surface area (Å²) in [6.07, 6.45) is 4.19. The number of nitrogens with one attached hydrogen (secondary N) is 1. The van der Waals surface area contributed by atoms with Crippen LogP contribution in [0.2, 0.25) is 0 Å². The number of amides is 1. The van der Waals surface area contributed by atoms with Gasteiger partial charge in [-0.1, -0.05) is 42.5 Å². The van der Waals surface area contributed by atoms with Crippen molar-refractivity contribution in [2.75, 3.05) is 33.3 Å². The van der Waals surface area contributed by atoms with E-state index in [-0.39, 0.29) is 17.4 Å². The molecule has 1 atom stereocenters. The highest BCUT2D eigenvalue weighted by Crippen LogP contribution is 2.21. The number of fused-ring (bicyclic) bond motifs is 1. The highest BCUT2D eigenvalue weighted by molar-refractivity contribution is 6.05. The van der Waals surface area contributed by atoms with Gasteiger partial charge in [-0.3, -0.25) is 9.59 Å². The zero-order chi connectivity index (χ0) is 27.2. The summed E-state index contributed by atoms with van der Waals surface area (Å²) in [5.41, 5.74) is 8.42. The van der Waals surface area contributed by atoms with E-state index in [1.165, 1.54) is 11.6 Å². The fourth-order valence-corrected chi connectivity index (χ4v) is 5.32. The van der Waals surface area contributed by atoms with E-state index < -0.39 is 5.91 Å². The Bertz CT molecular complexity index is 1380. The monoisotopic (exact) mass is 532 g/mol.